The highest BCUT2D eigenvalue weighted by Crippen LogP contribution is 2.39. The lowest BCUT2D eigenvalue weighted by Gasteiger charge is -2.23. The summed E-state index contributed by atoms with van der Waals surface area (Å²) in [5, 5.41) is 14.2. The maximum Gasteiger partial charge on any atom is 0.435 e. The second-order valence-electron chi connectivity index (χ2n) is 8.44. The Bertz CT molecular complexity index is 1330. The van der Waals surface area contributed by atoms with Gasteiger partial charge in [0.2, 0.25) is 0 Å². The number of halogens is 4. The normalized spacial score (nSPS) is 15.5. The molecule has 5 rings (SSSR count). The third kappa shape index (κ3) is 4.25. The van der Waals surface area contributed by atoms with Crippen molar-refractivity contribution in [1.29, 1.82) is 0 Å². The molecule has 0 atom stereocenters. The van der Waals surface area contributed by atoms with Crippen molar-refractivity contribution in [2.45, 2.75) is 32.0 Å². The lowest BCUT2D eigenvalue weighted by Crippen LogP contribution is -2.28. The Morgan fingerprint density at radius 3 is 2.61 bits per heavy atom. The number of rotatable bonds is 4. The van der Waals surface area contributed by atoms with Crippen LogP contribution in [0, 0.1) is 5.92 Å². The van der Waals surface area contributed by atoms with Gasteiger partial charge in [-0.1, -0.05) is 23.7 Å². The number of benzene rings is 2. The molecule has 2 N–H and O–H groups in total. The maximum absolute atomic E-state index is 14.0. The quantitative estimate of drug-likeness (QED) is 0.379. The maximum atomic E-state index is 14.0. The number of phenols is 1. The Labute approximate surface area is 193 Å². The van der Waals surface area contributed by atoms with Crippen molar-refractivity contribution in [3.05, 3.63) is 53.2 Å². The fraction of sp³-hybridized carbons (Fsp3) is 0.333. The number of alkyl halides is 3. The van der Waals surface area contributed by atoms with Gasteiger partial charge >= 0.3 is 6.18 Å². The highest BCUT2D eigenvalue weighted by Gasteiger charge is 2.37. The van der Waals surface area contributed by atoms with E-state index in [1.54, 1.807) is 24.3 Å². The molecule has 1 aliphatic heterocycles. The minimum absolute atomic E-state index is 0.0234. The van der Waals surface area contributed by atoms with Crippen molar-refractivity contribution in [3.63, 3.8) is 0 Å². The molecule has 172 valence electrons. The molecule has 4 aromatic rings. The standard InChI is InChI=1S/C24H22ClF3N4O/c25-16-4-5-18-19(13-16)30-22(24(26,27)28)20-21(18)32(11-8-14-6-9-29-10-7-14)23(31-20)15-2-1-3-17(33)12-15/h1-5,12-14,29,33H,6-11H2. The topological polar surface area (TPSA) is 63.0 Å². The van der Waals surface area contributed by atoms with Crippen molar-refractivity contribution in [3.8, 4) is 17.1 Å². The Hall–Kier alpha value is -2.84. The van der Waals surface area contributed by atoms with Gasteiger partial charge in [0.05, 0.1) is 11.0 Å². The number of imidazole rings is 1. The van der Waals surface area contributed by atoms with E-state index >= 15 is 0 Å². The van der Waals surface area contributed by atoms with E-state index < -0.39 is 11.9 Å². The number of aromatic hydroxyl groups is 1. The van der Waals surface area contributed by atoms with Crippen LogP contribution in [-0.4, -0.2) is 32.7 Å². The Balaban J connectivity index is 1.78. The van der Waals surface area contributed by atoms with Crippen LogP contribution in [-0.2, 0) is 12.7 Å². The van der Waals surface area contributed by atoms with Gasteiger partial charge in [0, 0.05) is 22.5 Å². The average molecular weight is 475 g/mol. The number of hydrogen-bond donors (Lipinski definition) is 2. The van der Waals surface area contributed by atoms with Crippen LogP contribution in [0.4, 0.5) is 13.2 Å². The predicted molar refractivity (Wildman–Crippen MR) is 122 cm³/mol. The van der Waals surface area contributed by atoms with E-state index in [0.29, 0.717) is 39.8 Å². The van der Waals surface area contributed by atoms with Crippen LogP contribution in [0.1, 0.15) is 25.0 Å². The van der Waals surface area contributed by atoms with Crippen LogP contribution in [0.3, 0.4) is 0 Å². The van der Waals surface area contributed by atoms with Gasteiger partial charge in [-0.3, -0.25) is 0 Å². The summed E-state index contributed by atoms with van der Waals surface area (Å²) in [4.78, 5) is 8.36. The summed E-state index contributed by atoms with van der Waals surface area (Å²) >= 11 is 6.08. The summed E-state index contributed by atoms with van der Waals surface area (Å²) in [6.07, 6.45) is -1.81. The Kier molecular flexibility index (Phi) is 5.66. The number of piperidine rings is 1. The number of aromatic nitrogens is 3. The fourth-order valence-electron chi connectivity index (χ4n) is 4.62. The van der Waals surface area contributed by atoms with Crippen molar-refractivity contribution >= 4 is 33.5 Å². The molecule has 1 saturated heterocycles. The molecule has 0 unspecified atom stereocenters. The summed E-state index contributed by atoms with van der Waals surface area (Å²) in [6, 6.07) is 11.2. The lowest BCUT2D eigenvalue weighted by atomic mass is 9.94. The third-order valence-electron chi connectivity index (χ3n) is 6.23. The van der Waals surface area contributed by atoms with Gasteiger partial charge in [-0.15, -0.1) is 0 Å². The molecular formula is C24H22ClF3N4O. The zero-order chi connectivity index (χ0) is 23.2. The molecule has 33 heavy (non-hydrogen) atoms. The SMILES string of the molecule is Oc1cccc(-c2nc3c(C(F)(F)F)nc4cc(Cl)ccc4c3n2CCC2CCNCC2)c1. The van der Waals surface area contributed by atoms with E-state index in [2.05, 4.69) is 15.3 Å². The van der Waals surface area contributed by atoms with Gasteiger partial charge in [-0.2, -0.15) is 13.2 Å². The van der Waals surface area contributed by atoms with Crippen LogP contribution in [0.2, 0.25) is 5.02 Å². The predicted octanol–water partition coefficient (Wildman–Crippen LogP) is 6.02. The molecule has 5 nitrogen and oxygen atoms in total. The fourth-order valence-corrected chi connectivity index (χ4v) is 4.79. The van der Waals surface area contributed by atoms with Crippen molar-refractivity contribution in [1.82, 2.24) is 19.9 Å². The zero-order valence-corrected chi connectivity index (χ0v) is 18.4. The molecule has 0 amide bonds. The first-order chi connectivity index (χ1) is 15.8. The average Bonchev–Trinajstić information content (AvgIpc) is 3.16. The molecule has 0 saturated carbocycles. The van der Waals surface area contributed by atoms with Crippen LogP contribution >= 0.6 is 11.6 Å². The molecule has 1 aliphatic rings. The van der Waals surface area contributed by atoms with Crippen molar-refractivity contribution < 1.29 is 18.3 Å². The van der Waals surface area contributed by atoms with Crippen LogP contribution in [0.15, 0.2) is 42.5 Å². The van der Waals surface area contributed by atoms with Gasteiger partial charge in [-0.05, 0) is 68.6 Å². The molecule has 2 aromatic carbocycles. The van der Waals surface area contributed by atoms with Crippen LogP contribution in [0.25, 0.3) is 33.3 Å². The van der Waals surface area contributed by atoms with Gasteiger partial charge in [0.1, 0.15) is 17.1 Å². The van der Waals surface area contributed by atoms with Crippen molar-refractivity contribution in [2.24, 2.45) is 5.92 Å². The second-order valence-corrected chi connectivity index (χ2v) is 8.87. The van der Waals surface area contributed by atoms with E-state index in [9.17, 15) is 18.3 Å². The number of phenolic OH excluding ortho intramolecular Hbond substituents is 1. The van der Waals surface area contributed by atoms with E-state index in [-0.39, 0.29) is 16.8 Å². The summed E-state index contributed by atoms with van der Waals surface area (Å²) in [5.41, 5.74) is -0.119. The molecule has 0 radical (unpaired) electrons. The summed E-state index contributed by atoms with van der Waals surface area (Å²) in [6.45, 7) is 2.39. The molecule has 1 fully saturated rings. The molecule has 9 heteroatoms. The van der Waals surface area contributed by atoms with E-state index in [4.69, 9.17) is 11.6 Å². The Morgan fingerprint density at radius 2 is 1.88 bits per heavy atom. The van der Waals surface area contributed by atoms with Gasteiger partial charge in [0.15, 0.2) is 5.69 Å². The molecule has 0 aliphatic carbocycles. The number of nitrogens with one attached hydrogen (secondary N) is 1. The zero-order valence-electron chi connectivity index (χ0n) is 17.7. The summed E-state index contributed by atoms with van der Waals surface area (Å²) in [5.74, 6) is 0.880. The molecule has 2 aromatic heterocycles. The monoisotopic (exact) mass is 474 g/mol. The van der Waals surface area contributed by atoms with Crippen LogP contribution in [0.5, 0.6) is 5.75 Å². The number of aryl methyl sites for hydroxylation is 1. The first-order valence-corrected chi connectivity index (χ1v) is 11.3. The van der Waals surface area contributed by atoms with Gasteiger partial charge in [0.25, 0.3) is 0 Å². The molecular weight excluding hydrogens is 453 g/mol. The molecule has 3 heterocycles. The van der Waals surface area contributed by atoms with Crippen molar-refractivity contribution in [2.75, 3.05) is 13.1 Å². The Morgan fingerprint density at radius 1 is 1.09 bits per heavy atom. The summed E-state index contributed by atoms with van der Waals surface area (Å²) in [7, 11) is 0. The molecule has 0 bridgehead atoms. The smallest absolute Gasteiger partial charge is 0.435 e. The second kappa shape index (κ2) is 8.50. The van der Waals surface area contributed by atoms with Gasteiger partial charge in [-0.25, -0.2) is 9.97 Å². The number of pyridine rings is 1. The number of fused-ring (bicyclic) bond motifs is 3. The first kappa shape index (κ1) is 22.0. The van der Waals surface area contributed by atoms with Gasteiger partial charge < -0.3 is 15.0 Å². The lowest BCUT2D eigenvalue weighted by molar-refractivity contribution is -0.139. The van der Waals surface area contributed by atoms with Crippen LogP contribution < -0.4 is 5.32 Å². The largest absolute Gasteiger partial charge is 0.508 e. The molecule has 0 spiro atoms. The highest BCUT2D eigenvalue weighted by atomic mass is 35.5. The first-order valence-electron chi connectivity index (χ1n) is 10.9. The minimum Gasteiger partial charge on any atom is -0.508 e. The van der Waals surface area contributed by atoms with E-state index in [0.717, 1.165) is 32.4 Å². The number of nitrogens with zero attached hydrogens (tertiary/aromatic N) is 3. The van der Waals surface area contributed by atoms with E-state index in [1.807, 2.05) is 4.57 Å². The van der Waals surface area contributed by atoms with E-state index in [1.165, 1.54) is 18.2 Å². The minimum atomic E-state index is -4.68. The number of hydrogen-bond acceptors (Lipinski definition) is 4. The third-order valence-corrected chi connectivity index (χ3v) is 6.47. The highest BCUT2D eigenvalue weighted by molar-refractivity contribution is 6.31. The summed E-state index contributed by atoms with van der Waals surface area (Å²) < 4.78 is 44.0.